The minimum atomic E-state index is -0.537. The lowest BCUT2D eigenvalue weighted by atomic mass is 10.0. The molecule has 10 nitrogen and oxygen atoms in total. The van der Waals surface area contributed by atoms with Gasteiger partial charge in [0.15, 0.2) is 17.5 Å². The van der Waals surface area contributed by atoms with E-state index in [-0.39, 0.29) is 17.4 Å². The first-order valence-corrected chi connectivity index (χ1v) is 11.0. The maximum atomic E-state index is 14.6. The van der Waals surface area contributed by atoms with Crippen LogP contribution in [0.15, 0.2) is 41.8 Å². The van der Waals surface area contributed by atoms with Gasteiger partial charge in [-0.05, 0) is 35.9 Å². The van der Waals surface area contributed by atoms with Crippen molar-refractivity contribution < 1.29 is 13.6 Å². The molecular formula is C23H21F2N9O. The molecule has 1 fully saturated rings. The van der Waals surface area contributed by atoms with E-state index < -0.39 is 17.7 Å². The van der Waals surface area contributed by atoms with Crippen LogP contribution in [0, 0.1) is 23.0 Å². The molecule has 2 amide bonds. The van der Waals surface area contributed by atoms with Crippen LogP contribution in [-0.4, -0.2) is 68.1 Å². The van der Waals surface area contributed by atoms with E-state index in [2.05, 4.69) is 20.2 Å². The fraction of sp³-hybridized carbons (Fsp3) is 0.304. The van der Waals surface area contributed by atoms with Crippen LogP contribution in [0.5, 0.6) is 0 Å². The molecule has 0 unspecified atom stereocenters. The lowest BCUT2D eigenvalue weighted by Crippen LogP contribution is -2.52. The normalized spacial score (nSPS) is 17.7. The Bertz CT molecular complexity index is 1340. The molecule has 2 aliphatic rings. The average Bonchev–Trinajstić information content (AvgIpc) is 3.53. The quantitative estimate of drug-likeness (QED) is 0.574. The number of hydrogen-bond donors (Lipinski definition) is 0. The number of nitrogens with zero attached hydrogens (tertiary/aromatic N) is 9. The number of carbonyl (C=O) groups is 1. The summed E-state index contributed by atoms with van der Waals surface area (Å²) in [6.07, 6.45) is 3.57. The van der Waals surface area contributed by atoms with Gasteiger partial charge in [0.2, 0.25) is 0 Å². The van der Waals surface area contributed by atoms with Gasteiger partial charge in [-0.1, -0.05) is 0 Å². The fourth-order valence-electron chi connectivity index (χ4n) is 4.23. The molecule has 0 saturated carbocycles. The summed E-state index contributed by atoms with van der Waals surface area (Å²) < 4.78 is 30.1. The minimum absolute atomic E-state index is 0.183. The lowest BCUT2D eigenvalue weighted by Gasteiger charge is -2.37. The van der Waals surface area contributed by atoms with E-state index in [1.165, 1.54) is 23.2 Å². The molecule has 1 saturated heterocycles. The van der Waals surface area contributed by atoms with Gasteiger partial charge in [0.05, 0.1) is 17.7 Å². The Morgan fingerprint density at radius 3 is 2.66 bits per heavy atom. The smallest absolute Gasteiger partial charge is 0.341 e. The van der Waals surface area contributed by atoms with Gasteiger partial charge in [0.25, 0.3) is 0 Å². The van der Waals surface area contributed by atoms with Crippen LogP contribution in [0.4, 0.5) is 19.4 Å². The standard InChI is InChI=1S/C23H21F2N9O/c1-31-14-27-21(30-31)19-3-2-18(25)22(29-19)32-6-8-33(9-7-32)23(35)34-20(4-5-28-34)16-10-15(13-26)11-17(24)12-16/h2-3,5,10-12,14,20H,4,6-9H2,1H3/t20-/m0/s1. The van der Waals surface area contributed by atoms with Crippen molar-refractivity contribution in [1.29, 1.82) is 5.26 Å². The molecule has 0 N–H and O–H groups in total. The van der Waals surface area contributed by atoms with Crippen LogP contribution >= 0.6 is 0 Å². The first-order chi connectivity index (χ1) is 16.9. The summed E-state index contributed by atoms with van der Waals surface area (Å²) in [4.78, 5) is 25.2. The number of aromatic nitrogens is 4. The highest BCUT2D eigenvalue weighted by Crippen LogP contribution is 2.31. The van der Waals surface area contributed by atoms with E-state index in [1.54, 1.807) is 40.1 Å². The lowest BCUT2D eigenvalue weighted by molar-refractivity contribution is 0.139. The van der Waals surface area contributed by atoms with Gasteiger partial charge in [0.1, 0.15) is 17.8 Å². The maximum absolute atomic E-state index is 14.6. The SMILES string of the molecule is Cn1cnc(-c2ccc(F)c(N3CCN(C(=O)N4N=CC[C@H]4c4cc(F)cc(C#N)c4)CC3)n2)n1. The number of hydrazone groups is 1. The van der Waals surface area contributed by atoms with Crippen LogP contribution in [0.3, 0.4) is 0 Å². The van der Waals surface area contributed by atoms with Gasteiger partial charge in [-0.3, -0.25) is 4.68 Å². The van der Waals surface area contributed by atoms with E-state index in [1.807, 2.05) is 6.07 Å². The third kappa shape index (κ3) is 4.40. The molecule has 0 spiro atoms. The monoisotopic (exact) mass is 477 g/mol. The number of nitriles is 1. The minimum Gasteiger partial charge on any atom is -0.351 e. The molecule has 0 aliphatic carbocycles. The molecule has 3 aromatic rings. The van der Waals surface area contributed by atoms with Crippen molar-refractivity contribution in [3.63, 3.8) is 0 Å². The van der Waals surface area contributed by atoms with Crippen LogP contribution in [-0.2, 0) is 7.05 Å². The zero-order valence-electron chi connectivity index (χ0n) is 18.8. The van der Waals surface area contributed by atoms with Crippen molar-refractivity contribution in [2.24, 2.45) is 12.1 Å². The van der Waals surface area contributed by atoms with Gasteiger partial charge in [-0.15, -0.1) is 5.10 Å². The number of amides is 2. The van der Waals surface area contributed by atoms with Crippen molar-refractivity contribution in [1.82, 2.24) is 29.7 Å². The fourth-order valence-corrected chi connectivity index (χ4v) is 4.23. The number of benzene rings is 1. The number of hydrogen-bond acceptors (Lipinski definition) is 7. The van der Waals surface area contributed by atoms with E-state index in [9.17, 15) is 13.6 Å². The molecule has 0 radical (unpaired) electrons. The number of rotatable bonds is 3. The number of halogens is 2. The molecule has 2 aromatic heterocycles. The molecule has 12 heteroatoms. The zero-order valence-corrected chi connectivity index (χ0v) is 18.8. The Kier molecular flexibility index (Phi) is 5.82. The number of anilines is 1. The third-order valence-electron chi connectivity index (χ3n) is 5.97. The van der Waals surface area contributed by atoms with Gasteiger partial charge in [-0.25, -0.2) is 28.6 Å². The highest BCUT2D eigenvalue weighted by atomic mass is 19.1. The summed E-state index contributed by atoms with van der Waals surface area (Å²) in [6, 6.07) is 8.01. The zero-order chi connectivity index (χ0) is 24.5. The molecule has 4 heterocycles. The Hall–Kier alpha value is -4.40. The summed E-state index contributed by atoms with van der Waals surface area (Å²) in [5, 5.41) is 18.9. The maximum Gasteiger partial charge on any atom is 0.341 e. The number of carbonyl (C=O) groups excluding carboxylic acids is 1. The van der Waals surface area contributed by atoms with Crippen LogP contribution in [0.1, 0.15) is 23.6 Å². The van der Waals surface area contributed by atoms with Crippen molar-refractivity contribution in [3.05, 3.63) is 59.4 Å². The van der Waals surface area contributed by atoms with Crippen molar-refractivity contribution in [3.8, 4) is 17.6 Å². The van der Waals surface area contributed by atoms with Gasteiger partial charge < -0.3 is 9.80 Å². The summed E-state index contributed by atoms with van der Waals surface area (Å²) in [5.74, 6) is -0.419. The molecule has 35 heavy (non-hydrogen) atoms. The number of aryl methyl sites for hydroxylation is 1. The topological polar surface area (TPSA) is 107 Å². The van der Waals surface area contributed by atoms with Gasteiger partial charge >= 0.3 is 6.03 Å². The molecule has 1 aromatic carbocycles. The third-order valence-corrected chi connectivity index (χ3v) is 5.97. The number of pyridine rings is 1. The van der Waals surface area contributed by atoms with Gasteiger partial charge in [0, 0.05) is 45.9 Å². The second-order valence-electron chi connectivity index (χ2n) is 8.28. The summed E-state index contributed by atoms with van der Waals surface area (Å²) >= 11 is 0. The first-order valence-electron chi connectivity index (χ1n) is 11.0. The summed E-state index contributed by atoms with van der Waals surface area (Å²) in [7, 11) is 1.74. The molecule has 2 aliphatic heterocycles. The largest absolute Gasteiger partial charge is 0.351 e. The van der Waals surface area contributed by atoms with Crippen molar-refractivity contribution in [2.45, 2.75) is 12.5 Å². The Morgan fingerprint density at radius 2 is 1.94 bits per heavy atom. The molecule has 0 bridgehead atoms. The van der Waals surface area contributed by atoms with Gasteiger partial charge in [-0.2, -0.15) is 10.4 Å². The highest BCUT2D eigenvalue weighted by Gasteiger charge is 2.34. The Morgan fingerprint density at radius 1 is 1.14 bits per heavy atom. The predicted octanol–water partition coefficient (Wildman–Crippen LogP) is 2.70. The van der Waals surface area contributed by atoms with E-state index in [0.717, 1.165) is 6.07 Å². The second-order valence-corrected chi connectivity index (χ2v) is 8.28. The molecule has 178 valence electrons. The summed E-state index contributed by atoms with van der Waals surface area (Å²) in [6.45, 7) is 1.40. The molecule has 5 rings (SSSR count). The van der Waals surface area contributed by atoms with E-state index in [0.29, 0.717) is 49.7 Å². The van der Waals surface area contributed by atoms with Crippen molar-refractivity contribution >= 4 is 18.1 Å². The Balaban J connectivity index is 1.28. The average molecular weight is 477 g/mol. The molecule has 1 atom stereocenters. The van der Waals surface area contributed by atoms with E-state index in [4.69, 9.17) is 5.26 Å². The Labute approximate surface area is 199 Å². The summed E-state index contributed by atoms with van der Waals surface area (Å²) in [5.41, 5.74) is 1.16. The van der Waals surface area contributed by atoms with Crippen LogP contribution in [0.25, 0.3) is 11.5 Å². The van der Waals surface area contributed by atoms with E-state index >= 15 is 0 Å². The molecular weight excluding hydrogens is 456 g/mol. The number of piperazine rings is 1. The van der Waals surface area contributed by atoms with Crippen LogP contribution in [0.2, 0.25) is 0 Å². The van der Waals surface area contributed by atoms with Crippen molar-refractivity contribution in [2.75, 3.05) is 31.1 Å². The predicted molar refractivity (Wildman–Crippen MR) is 122 cm³/mol. The highest BCUT2D eigenvalue weighted by molar-refractivity contribution is 5.79. The second kappa shape index (κ2) is 9.09. The first kappa shape index (κ1) is 22.4. The number of urea groups is 1. The van der Waals surface area contributed by atoms with Crippen LogP contribution < -0.4 is 4.90 Å².